The highest BCUT2D eigenvalue weighted by molar-refractivity contribution is 7.09. The molecule has 21 heavy (non-hydrogen) atoms. The van der Waals surface area contributed by atoms with Gasteiger partial charge in [0.25, 0.3) is 0 Å². The van der Waals surface area contributed by atoms with Crippen LogP contribution in [0.3, 0.4) is 0 Å². The van der Waals surface area contributed by atoms with E-state index in [9.17, 15) is 0 Å². The maximum atomic E-state index is 5.95. The predicted molar refractivity (Wildman–Crippen MR) is 87.2 cm³/mol. The topological polar surface area (TPSA) is 34.2 Å². The molecular weight excluding hydrogens is 280 g/mol. The van der Waals surface area contributed by atoms with Gasteiger partial charge in [-0.1, -0.05) is 25.1 Å². The quantitative estimate of drug-likeness (QED) is 0.921. The Balaban J connectivity index is 1.72. The van der Waals surface area contributed by atoms with E-state index in [-0.39, 0.29) is 0 Å². The molecule has 3 rings (SSSR count). The number of rotatable bonds is 5. The molecule has 2 heterocycles. The summed E-state index contributed by atoms with van der Waals surface area (Å²) in [5.41, 5.74) is 2.45. The van der Waals surface area contributed by atoms with Crippen molar-refractivity contribution in [2.45, 2.75) is 32.7 Å². The Hall–Kier alpha value is -1.39. The maximum absolute atomic E-state index is 5.95. The molecule has 0 radical (unpaired) electrons. The molecule has 1 aromatic heterocycles. The van der Waals surface area contributed by atoms with Gasteiger partial charge in [-0.05, 0) is 31.5 Å². The van der Waals surface area contributed by atoms with E-state index >= 15 is 0 Å². The molecule has 0 bridgehead atoms. The summed E-state index contributed by atoms with van der Waals surface area (Å²) in [4.78, 5) is 4.61. The second kappa shape index (κ2) is 6.58. The summed E-state index contributed by atoms with van der Waals surface area (Å²) in [6.07, 6.45) is 2.07. The van der Waals surface area contributed by atoms with Crippen LogP contribution >= 0.6 is 11.3 Å². The van der Waals surface area contributed by atoms with Gasteiger partial charge in [0.05, 0.1) is 11.6 Å². The van der Waals surface area contributed by atoms with Gasteiger partial charge in [0.1, 0.15) is 5.75 Å². The SMILES string of the molecule is CCNC(Cc1nc(C)cs1)C1COc2ccccc2C1. The van der Waals surface area contributed by atoms with Crippen molar-refractivity contribution in [2.24, 2.45) is 5.92 Å². The van der Waals surface area contributed by atoms with Crippen LogP contribution in [0.2, 0.25) is 0 Å². The smallest absolute Gasteiger partial charge is 0.122 e. The Labute approximate surface area is 130 Å². The zero-order chi connectivity index (χ0) is 14.7. The minimum atomic E-state index is 0.425. The first-order valence-electron chi connectivity index (χ1n) is 7.61. The standard InChI is InChI=1S/C17H22N2OS/c1-3-18-15(9-17-19-12(2)11-21-17)14-8-13-6-4-5-7-16(13)20-10-14/h4-7,11,14-15,18H,3,8-10H2,1-2H3. The first-order chi connectivity index (χ1) is 10.3. The Bertz CT molecular complexity index is 596. The molecular formula is C17H22N2OS. The molecule has 1 N–H and O–H groups in total. The van der Waals surface area contributed by atoms with Gasteiger partial charge in [-0.3, -0.25) is 0 Å². The Morgan fingerprint density at radius 2 is 2.29 bits per heavy atom. The molecule has 0 amide bonds. The molecule has 2 unspecified atom stereocenters. The first kappa shape index (κ1) is 14.5. The molecule has 3 nitrogen and oxygen atoms in total. The lowest BCUT2D eigenvalue weighted by Crippen LogP contribution is -2.43. The molecule has 1 aromatic carbocycles. The van der Waals surface area contributed by atoms with E-state index in [1.807, 2.05) is 6.07 Å². The van der Waals surface area contributed by atoms with E-state index < -0.39 is 0 Å². The molecule has 1 aliphatic heterocycles. The van der Waals surface area contributed by atoms with Gasteiger partial charge in [0.15, 0.2) is 0 Å². The van der Waals surface area contributed by atoms with E-state index in [1.165, 1.54) is 10.6 Å². The highest BCUT2D eigenvalue weighted by Gasteiger charge is 2.27. The summed E-state index contributed by atoms with van der Waals surface area (Å²) in [6.45, 7) is 5.99. The van der Waals surface area contributed by atoms with Crippen LogP contribution in [0.5, 0.6) is 5.75 Å². The number of hydrogen-bond donors (Lipinski definition) is 1. The third-order valence-corrected chi connectivity index (χ3v) is 4.99. The predicted octanol–water partition coefficient (Wildman–Crippen LogP) is 3.22. The fourth-order valence-electron chi connectivity index (χ4n) is 2.96. The average molecular weight is 302 g/mol. The van der Waals surface area contributed by atoms with Crippen LogP contribution in [-0.2, 0) is 12.8 Å². The largest absolute Gasteiger partial charge is 0.493 e. The third-order valence-electron chi connectivity index (χ3n) is 4.00. The lowest BCUT2D eigenvalue weighted by Gasteiger charge is -2.31. The molecule has 0 saturated carbocycles. The molecule has 0 aliphatic carbocycles. The number of benzene rings is 1. The molecule has 0 saturated heterocycles. The van der Waals surface area contributed by atoms with Gasteiger partial charge in [-0.2, -0.15) is 0 Å². The third kappa shape index (κ3) is 3.44. The summed E-state index contributed by atoms with van der Waals surface area (Å²) in [5, 5.41) is 6.98. The van der Waals surface area contributed by atoms with Crippen LogP contribution < -0.4 is 10.1 Å². The molecule has 0 fully saturated rings. The van der Waals surface area contributed by atoms with Crippen molar-refractivity contribution in [1.82, 2.24) is 10.3 Å². The number of hydrogen-bond acceptors (Lipinski definition) is 4. The summed E-state index contributed by atoms with van der Waals surface area (Å²) in [7, 11) is 0. The number of fused-ring (bicyclic) bond motifs is 1. The molecule has 2 aromatic rings. The van der Waals surface area contributed by atoms with E-state index in [2.05, 4.69) is 47.7 Å². The van der Waals surface area contributed by atoms with Crippen molar-refractivity contribution in [3.63, 3.8) is 0 Å². The highest BCUT2D eigenvalue weighted by Crippen LogP contribution is 2.29. The van der Waals surface area contributed by atoms with Crippen molar-refractivity contribution in [3.05, 3.63) is 45.9 Å². The van der Waals surface area contributed by atoms with Crippen molar-refractivity contribution < 1.29 is 4.74 Å². The Morgan fingerprint density at radius 3 is 3.05 bits per heavy atom. The van der Waals surface area contributed by atoms with Crippen molar-refractivity contribution in [2.75, 3.05) is 13.2 Å². The number of likely N-dealkylation sites (N-methyl/N-ethyl adjacent to an activating group) is 1. The fourth-order valence-corrected chi connectivity index (χ4v) is 3.79. The van der Waals surface area contributed by atoms with Gasteiger partial charge in [0.2, 0.25) is 0 Å². The van der Waals surface area contributed by atoms with E-state index in [1.54, 1.807) is 11.3 Å². The summed E-state index contributed by atoms with van der Waals surface area (Å²) in [5.74, 6) is 1.55. The van der Waals surface area contributed by atoms with Crippen LogP contribution in [0.4, 0.5) is 0 Å². The number of aryl methyl sites for hydroxylation is 1. The lowest BCUT2D eigenvalue weighted by molar-refractivity contribution is 0.184. The van der Waals surface area contributed by atoms with Crippen LogP contribution in [0.1, 0.15) is 23.2 Å². The zero-order valence-electron chi connectivity index (χ0n) is 12.6. The van der Waals surface area contributed by atoms with Crippen molar-refractivity contribution in [3.8, 4) is 5.75 Å². The fraction of sp³-hybridized carbons (Fsp3) is 0.471. The second-order valence-corrected chi connectivity index (χ2v) is 6.58. The van der Waals surface area contributed by atoms with Gasteiger partial charge in [-0.15, -0.1) is 11.3 Å². The van der Waals surface area contributed by atoms with Crippen LogP contribution in [0.15, 0.2) is 29.6 Å². The van der Waals surface area contributed by atoms with E-state index in [0.29, 0.717) is 12.0 Å². The first-order valence-corrected chi connectivity index (χ1v) is 8.49. The average Bonchev–Trinajstić information content (AvgIpc) is 2.91. The van der Waals surface area contributed by atoms with Crippen LogP contribution in [-0.4, -0.2) is 24.2 Å². The molecule has 0 spiro atoms. The lowest BCUT2D eigenvalue weighted by atomic mass is 9.88. The van der Waals surface area contributed by atoms with Gasteiger partial charge in [-0.25, -0.2) is 4.98 Å². The summed E-state index contributed by atoms with van der Waals surface area (Å²) >= 11 is 1.76. The van der Waals surface area contributed by atoms with E-state index in [4.69, 9.17) is 4.74 Å². The van der Waals surface area contributed by atoms with Gasteiger partial charge < -0.3 is 10.1 Å². The Morgan fingerprint density at radius 1 is 1.43 bits per heavy atom. The van der Waals surface area contributed by atoms with Crippen LogP contribution in [0, 0.1) is 12.8 Å². The maximum Gasteiger partial charge on any atom is 0.122 e. The number of aromatic nitrogens is 1. The molecule has 112 valence electrons. The minimum absolute atomic E-state index is 0.425. The van der Waals surface area contributed by atoms with Crippen LogP contribution in [0.25, 0.3) is 0 Å². The van der Waals surface area contributed by atoms with Gasteiger partial charge >= 0.3 is 0 Å². The highest BCUT2D eigenvalue weighted by atomic mass is 32.1. The summed E-state index contributed by atoms with van der Waals surface area (Å²) in [6, 6.07) is 8.81. The molecule has 1 aliphatic rings. The zero-order valence-corrected chi connectivity index (χ0v) is 13.5. The minimum Gasteiger partial charge on any atom is -0.493 e. The van der Waals surface area contributed by atoms with Crippen molar-refractivity contribution >= 4 is 11.3 Å². The number of ether oxygens (including phenoxy) is 1. The Kier molecular flexibility index (Phi) is 4.56. The normalized spacial score (nSPS) is 18.9. The van der Waals surface area contributed by atoms with E-state index in [0.717, 1.165) is 37.4 Å². The summed E-state index contributed by atoms with van der Waals surface area (Å²) < 4.78 is 5.95. The monoisotopic (exact) mass is 302 g/mol. The molecule has 2 atom stereocenters. The number of nitrogens with zero attached hydrogens (tertiary/aromatic N) is 1. The number of nitrogens with one attached hydrogen (secondary N) is 1. The van der Waals surface area contributed by atoms with Crippen molar-refractivity contribution in [1.29, 1.82) is 0 Å². The number of para-hydroxylation sites is 1. The second-order valence-electron chi connectivity index (χ2n) is 5.63. The van der Waals surface area contributed by atoms with Gasteiger partial charge in [0, 0.05) is 29.5 Å². The molecule has 4 heteroatoms. The number of thiazole rings is 1.